The Bertz CT molecular complexity index is 458. The van der Waals surface area contributed by atoms with E-state index in [2.05, 4.69) is 0 Å². The molecular formula is C14H20N2O3. The second-order valence-electron chi connectivity index (χ2n) is 5.02. The maximum Gasteiger partial charge on any atom is 0.317 e. The fourth-order valence-electron chi connectivity index (χ4n) is 1.97. The average molecular weight is 264 g/mol. The summed E-state index contributed by atoms with van der Waals surface area (Å²) in [4.78, 5) is 23.8. The van der Waals surface area contributed by atoms with Crippen molar-refractivity contribution in [3.05, 3.63) is 35.4 Å². The first-order valence-electron chi connectivity index (χ1n) is 6.21. The van der Waals surface area contributed by atoms with E-state index >= 15 is 0 Å². The van der Waals surface area contributed by atoms with E-state index in [1.54, 1.807) is 18.2 Å². The molecule has 0 aliphatic heterocycles. The van der Waals surface area contributed by atoms with Crippen molar-refractivity contribution < 1.29 is 14.7 Å². The molecule has 3 N–H and O–H groups in total. The second-order valence-corrected chi connectivity index (χ2v) is 5.02. The molecule has 0 spiro atoms. The molecule has 104 valence electrons. The lowest BCUT2D eigenvalue weighted by atomic mass is 10.1. The third-order valence-corrected chi connectivity index (χ3v) is 2.60. The quantitative estimate of drug-likeness (QED) is 0.778. The van der Waals surface area contributed by atoms with Crippen molar-refractivity contribution in [3.63, 3.8) is 0 Å². The first-order valence-corrected chi connectivity index (χ1v) is 6.21. The lowest BCUT2D eigenvalue weighted by molar-refractivity contribution is -0.138. The normalized spacial score (nSPS) is 10.9. The van der Waals surface area contributed by atoms with Crippen LogP contribution in [-0.2, 0) is 11.3 Å². The number of nitrogens with two attached hydrogens (primary N) is 1. The van der Waals surface area contributed by atoms with Gasteiger partial charge in [0.05, 0.1) is 6.54 Å². The van der Waals surface area contributed by atoms with E-state index in [9.17, 15) is 9.59 Å². The van der Waals surface area contributed by atoms with Crippen LogP contribution < -0.4 is 5.73 Å². The van der Waals surface area contributed by atoms with Crippen molar-refractivity contribution in [1.82, 2.24) is 4.90 Å². The van der Waals surface area contributed by atoms with Crippen molar-refractivity contribution in [2.45, 2.75) is 20.4 Å². The van der Waals surface area contributed by atoms with Gasteiger partial charge in [-0.05, 0) is 23.6 Å². The molecule has 0 aliphatic rings. The van der Waals surface area contributed by atoms with Gasteiger partial charge in [0.25, 0.3) is 0 Å². The summed E-state index contributed by atoms with van der Waals surface area (Å²) >= 11 is 0. The zero-order valence-electron chi connectivity index (χ0n) is 11.3. The van der Waals surface area contributed by atoms with Crippen molar-refractivity contribution in [2.75, 3.05) is 13.1 Å². The molecule has 5 heteroatoms. The molecule has 1 amide bonds. The highest BCUT2D eigenvalue weighted by molar-refractivity contribution is 5.92. The number of carboxylic acids is 1. The molecule has 1 rings (SSSR count). The van der Waals surface area contributed by atoms with E-state index in [-0.39, 0.29) is 6.54 Å². The topological polar surface area (TPSA) is 83.6 Å². The molecule has 1 aromatic carbocycles. The van der Waals surface area contributed by atoms with Crippen LogP contribution in [0, 0.1) is 5.92 Å². The monoisotopic (exact) mass is 264 g/mol. The molecule has 0 unspecified atom stereocenters. The van der Waals surface area contributed by atoms with Crippen LogP contribution in [0.1, 0.15) is 29.8 Å². The van der Waals surface area contributed by atoms with Gasteiger partial charge in [-0.2, -0.15) is 0 Å². The number of hydrogen-bond donors (Lipinski definition) is 2. The summed E-state index contributed by atoms with van der Waals surface area (Å²) in [5.41, 5.74) is 6.56. The lowest BCUT2D eigenvalue weighted by Crippen LogP contribution is -2.32. The van der Waals surface area contributed by atoms with Crippen LogP contribution in [0.5, 0.6) is 0 Å². The number of amides is 1. The predicted molar refractivity (Wildman–Crippen MR) is 72.7 cm³/mol. The van der Waals surface area contributed by atoms with Crippen LogP contribution in [0.3, 0.4) is 0 Å². The molecule has 19 heavy (non-hydrogen) atoms. The first-order chi connectivity index (χ1) is 8.88. The van der Waals surface area contributed by atoms with Crippen LogP contribution in [0.25, 0.3) is 0 Å². The number of aliphatic carboxylic acids is 1. The van der Waals surface area contributed by atoms with Gasteiger partial charge >= 0.3 is 5.97 Å². The number of hydrogen-bond acceptors (Lipinski definition) is 3. The van der Waals surface area contributed by atoms with Crippen LogP contribution in [0.15, 0.2) is 24.3 Å². The van der Waals surface area contributed by atoms with Gasteiger partial charge in [0, 0.05) is 18.7 Å². The number of carboxylic acid groups (broad SMARTS) is 1. The van der Waals surface area contributed by atoms with E-state index in [0.29, 0.717) is 24.6 Å². The number of rotatable bonds is 7. The summed E-state index contributed by atoms with van der Waals surface area (Å²) in [6, 6.07) is 6.97. The largest absolute Gasteiger partial charge is 0.480 e. The second kappa shape index (κ2) is 6.89. The lowest BCUT2D eigenvalue weighted by Gasteiger charge is -2.22. The maximum atomic E-state index is 11.1. The molecule has 0 fully saturated rings. The predicted octanol–water partition coefficient (Wildman–Crippen LogP) is 1.33. The van der Waals surface area contributed by atoms with Gasteiger partial charge in [0.1, 0.15) is 0 Å². The van der Waals surface area contributed by atoms with Crippen LogP contribution in [0.2, 0.25) is 0 Å². The third-order valence-electron chi connectivity index (χ3n) is 2.60. The zero-order valence-corrected chi connectivity index (χ0v) is 11.3. The Morgan fingerprint density at radius 2 is 2.05 bits per heavy atom. The Morgan fingerprint density at radius 3 is 2.58 bits per heavy atom. The van der Waals surface area contributed by atoms with E-state index in [1.807, 2.05) is 24.8 Å². The molecule has 0 aliphatic carbocycles. The first kappa shape index (κ1) is 15.2. The molecule has 0 saturated carbocycles. The molecule has 0 atom stereocenters. The number of carbonyl (C=O) groups excluding carboxylic acids is 1. The van der Waals surface area contributed by atoms with Gasteiger partial charge < -0.3 is 10.8 Å². The van der Waals surface area contributed by atoms with E-state index in [4.69, 9.17) is 10.8 Å². The van der Waals surface area contributed by atoms with Crippen molar-refractivity contribution in [3.8, 4) is 0 Å². The molecule has 0 saturated heterocycles. The third kappa shape index (κ3) is 5.52. The smallest absolute Gasteiger partial charge is 0.317 e. The molecule has 0 radical (unpaired) electrons. The highest BCUT2D eigenvalue weighted by Crippen LogP contribution is 2.10. The summed E-state index contributed by atoms with van der Waals surface area (Å²) in [5.74, 6) is -0.958. The van der Waals surface area contributed by atoms with Crippen molar-refractivity contribution in [2.24, 2.45) is 11.7 Å². The number of primary amides is 1. The van der Waals surface area contributed by atoms with Gasteiger partial charge in [-0.3, -0.25) is 14.5 Å². The Hall–Kier alpha value is -1.88. The summed E-state index contributed by atoms with van der Waals surface area (Å²) in [7, 11) is 0. The van der Waals surface area contributed by atoms with Gasteiger partial charge in [0.15, 0.2) is 0 Å². The molecule has 0 heterocycles. The molecule has 0 aromatic heterocycles. The molecular weight excluding hydrogens is 244 g/mol. The molecule has 0 bridgehead atoms. The Kier molecular flexibility index (Phi) is 5.51. The SMILES string of the molecule is CC(C)CN(CC(=O)O)Cc1cccc(C(N)=O)c1. The van der Waals surface area contributed by atoms with E-state index in [1.165, 1.54) is 0 Å². The number of nitrogens with zero attached hydrogens (tertiary/aromatic N) is 1. The maximum absolute atomic E-state index is 11.1. The van der Waals surface area contributed by atoms with Crippen LogP contribution >= 0.6 is 0 Å². The minimum absolute atomic E-state index is 0.0149. The molecule has 5 nitrogen and oxygen atoms in total. The number of benzene rings is 1. The van der Waals surface area contributed by atoms with Crippen molar-refractivity contribution >= 4 is 11.9 Å². The standard InChI is InChI=1S/C14H20N2O3/c1-10(2)7-16(9-13(17)18)8-11-4-3-5-12(6-11)14(15)19/h3-6,10H,7-9H2,1-2H3,(H2,15,19)(H,17,18). The zero-order chi connectivity index (χ0) is 14.4. The summed E-state index contributed by atoms with van der Waals surface area (Å²) < 4.78 is 0. The summed E-state index contributed by atoms with van der Waals surface area (Å²) in [6.07, 6.45) is 0. The minimum Gasteiger partial charge on any atom is -0.480 e. The fraction of sp³-hybridized carbons (Fsp3) is 0.429. The van der Waals surface area contributed by atoms with Gasteiger partial charge in [-0.1, -0.05) is 26.0 Å². The number of carbonyl (C=O) groups is 2. The molecule has 1 aromatic rings. The Labute approximate surface area is 113 Å². The Balaban J connectivity index is 2.80. The van der Waals surface area contributed by atoms with E-state index < -0.39 is 11.9 Å². The van der Waals surface area contributed by atoms with Gasteiger partial charge in [0.2, 0.25) is 5.91 Å². The summed E-state index contributed by atoms with van der Waals surface area (Å²) in [5, 5.41) is 8.90. The minimum atomic E-state index is -0.855. The van der Waals surface area contributed by atoms with Gasteiger partial charge in [-0.25, -0.2) is 0 Å². The summed E-state index contributed by atoms with van der Waals surface area (Å²) in [6.45, 7) is 5.24. The Morgan fingerprint density at radius 1 is 1.37 bits per heavy atom. The fourth-order valence-corrected chi connectivity index (χ4v) is 1.97. The highest BCUT2D eigenvalue weighted by Gasteiger charge is 2.12. The van der Waals surface area contributed by atoms with Crippen LogP contribution in [-0.4, -0.2) is 35.0 Å². The van der Waals surface area contributed by atoms with Crippen LogP contribution in [0.4, 0.5) is 0 Å². The van der Waals surface area contributed by atoms with E-state index in [0.717, 1.165) is 5.56 Å². The highest BCUT2D eigenvalue weighted by atomic mass is 16.4. The van der Waals surface area contributed by atoms with Crippen molar-refractivity contribution in [1.29, 1.82) is 0 Å². The average Bonchev–Trinajstić information content (AvgIpc) is 2.27. The van der Waals surface area contributed by atoms with Gasteiger partial charge in [-0.15, -0.1) is 0 Å².